The summed E-state index contributed by atoms with van der Waals surface area (Å²) in [4.78, 5) is 10.9. The Labute approximate surface area is 130 Å². The number of nitrogens with one attached hydrogen (secondary N) is 1. The van der Waals surface area contributed by atoms with E-state index in [1.54, 1.807) is 0 Å². The molecule has 0 saturated heterocycles. The minimum absolute atomic E-state index is 0.111. The Balaban J connectivity index is 2.09. The molecule has 0 saturated carbocycles. The Morgan fingerprint density at radius 3 is 2.50 bits per heavy atom. The zero-order valence-electron chi connectivity index (χ0n) is 12.6. The molecule has 0 aliphatic carbocycles. The molecule has 5 nitrogen and oxygen atoms in total. The van der Waals surface area contributed by atoms with Gasteiger partial charge in [0.2, 0.25) is 0 Å². The minimum Gasteiger partial charge on any atom is -0.448 e. The number of nitrogens with two attached hydrogens (primary N) is 2. The van der Waals surface area contributed by atoms with Crippen molar-refractivity contribution >= 4 is 17.5 Å². The molecule has 22 heavy (non-hydrogen) atoms. The number of benzene rings is 2. The summed E-state index contributed by atoms with van der Waals surface area (Å²) in [5, 5.41) is 3.31. The zero-order valence-corrected chi connectivity index (χ0v) is 12.6. The predicted octanol–water partition coefficient (Wildman–Crippen LogP) is 2.70. The van der Waals surface area contributed by atoms with Gasteiger partial charge in [0.25, 0.3) is 0 Å². The molecule has 0 aliphatic heterocycles. The van der Waals surface area contributed by atoms with Gasteiger partial charge < -0.3 is 21.5 Å². The van der Waals surface area contributed by atoms with Crippen LogP contribution in [-0.2, 0) is 11.2 Å². The van der Waals surface area contributed by atoms with Gasteiger partial charge in [-0.2, -0.15) is 0 Å². The largest absolute Gasteiger partial charge is 0.448 e. The number of primary amides is 1. The zero-order chi connectivity index (χ0) is 15.9. The molecule has 0 bridgehead atoms. The van der Waals surface area contributed by atoms with Crippen LogP contribution in [0.1, 0.15) is 11.1 Å². The second kappa shape index (κ2) is 7.36. The van der Waals surface area contributed by atoms with Crippen molar-refractivity contribution in [3.05, 3.63) is 59.7 Å². The second-order valence-corrected chi connectivity index (χ2v) is 5.25. The van der Waals surface area contributed by atoms with Gasteiger partial charge in [-0.15, -0.1) is 0 Å². The topological polar surface area (TPSA) is 90.4 Å². The maximum absolute atomic E-state index is 10.9. The van der Waals surface area contributed by atoms with Gasteiger partial charge in [0.15, 0.2) is 0 Å². The summed E-state index contributed by atoms with van der Waals surface area (Å²) in [6.07, 6.45) is -0.0845. The molecule has 0 spiro atoms. The fourth-order valence-corrected chi connectivity index (χ4v) is 2.19. The van der Waals surface area contributed by atoms with Crippen LogP contribution in [0.4, 0.5) is 16.2 Å². The average molecular weight is 299 g/mol. The molecule has 0 radical (unpaired) electrons. The monoisotopic (exact) mass is 299 g/mol. The van der Waals surface area contributed by atoms with Crippen molar-refractivity contribution in [2.75, 3.05) is 17.7 Å². The number of ether oxygens (including phenoxy) is 1. The lowest BCUT2D eigenvalue weighted by Crippen LogP contribution is -2.31. The third-order valence-electron chi connectivity index (χ3n) is 3.35. The van der Waals surface area contributed by atoms with E-state index in [9.17, 15) is 4.79 Å². The molecule has 2 aromatic carbocycles. The second-order valence-electron chi connectivity index (χ2n) is 5.25. The molecule has 1 atom stereocenters. The molecular weight excluding hydrogens is 278 g/mol. The van der Waals surface area contributed by atoms with Crippen LogP contribution in [0.25, 0.3) is 0 Å². The predicted molar refractivity (Wildman–Crippen MR) is 88.7 cm³/mol. The van der Waals surface area contributed by atoms with Crippen molar-refractivity contribution in [2.24, 2.45) is 5.73 Å². The molecule has 1 amide bonds. The summed E-state index contributed by atoms with van der Waals surface area (Å²) in [7, 11) is 0. The van der Waals surface area contributed by atoms with Gasteiger partial charge in [-0.1, -0.05) is 42.0 Å². The third kappa shape index (κ3) is 4.70. The molecule has 2 rings (SSSR count). The molecule has 5 N–H and O–H groups in total. The van der Waals surface area contributed by atoms with Gasteiger partial charge >= 0.3 is 6.09 Å². The van der Waals surface area contributed by atoms with Crippen LogP contribution in [-0.4, -0.2) is 18.7 Å². The molecule has 2 aromatic rings. The highest BCUT2D eigenvalue weighted by molar-refractivity contribution is 5.66. The van der Waals surface area contributed by atoms with E-state index >= 15 is 0 Å². The standard InChI is InChI=1S/C17H21N3O2/c1-12-6-8-13(9-7-12)10-14(11-22-17(19)21)20-16-5-3-2-4-15(16)18/h2-9,14,20H,10-11,18H2,1H3,(H2,19,21). The Morgan fingerprint density at radius 1 is 1.18 bits per heavy atom. The Bertz CT molecular complexity index is 626. The minimum atomic E-state index is -0.781. The van der Waals surface area contributed by atoms with Crippen molar-refractivity contribution in [1.29, 1.82) is 0 Å². The SMILES string of the molecule is Cc1ccc(CC(COC(N)=O)Nc2ccccc2N)cc1. The summed E-state index contributed by atoms with van der Waals surface area (Å²) in [6.45, 7) is 2.22. The van der Waals surface area contributed by atoms with Crippen LogP contribution >= 0.6 is 0 Å². The van der Waals surface area contributed by atoms with Crippen LogP contribution in [0.15, 0.2) is 48.5 Å². The van der Waals surface area contributed by atoms with Gasteiger partial charge in [-0.3, -0.25) is 0 Å². The first-order chi connectivity index (χ1) is 10.5. The highest BCUT2D eigenvalue weighted by atomic mass is 16.5. The van der Waals surface area contributed by atoms with Gasteiger partial charge in [0.05, 0.1) is 17.4 Å². The van der Waals surface area contributed by atoms with Gasteiger partial charge in [-0.25, -0.2) is 4.79 Å². The van der Waals surface area contributed by atoms with Crippen molar-refractivity contribution < 1.29 is 9.53 Å². The summed E-state index contributed by atoms with van der Waals surface area (Å²) >= 11 is 0. The van der Waals surface area contributed by atoms with E-state index in [1.165, 1.54) is 5.56 Å². The van der Waals surface area contributed by atoms with Gasteiger partial charge in [-0.05, 0) is 31.0 Å². The molecule has 0 aliphatic rings. The first-order valence-corrected chi connectivity index (χ1v) is 7.13. The molecule has 0 aromatic heterocycles. The van der Waals surface area contributed by atoms with E-state index in [0.29, 0.717) is 12.1 Å². The van der Waals surface area contributed by atoms with Crippen molar-refractivity contribution in [2.45, 2.75) is 19.4 Å². The van der Waals surface area contributed by atoms with Crippen molar-refractivity contribution in [3.8, 4) is 0 Å². The maximum Gasteiger partial charge on any atom is 0.404 e. The number of rotatable bonds is 6. The van der Waals surface area contributed by atoms with E-state index in [-0.39, 0.29) is 12.6 Å². The van der Waals surface area contributed by atoms with Crippen LogP contribution < -0.4 is 16.8 Å². The van der Waals surface area contributed by atoms with E-state index in [1.807, 2.05) is 31.2 Å². The van der Waals surface area contributed by atoms with Crippen molar-refractivity contribution in [1.82, 2.24) is 0 Å². The quantitative estimate of drug-likeness (QED) is 0.715. The lowest BCUT2D eigenvalue weighted by Gasteiger charge is -2.20. The summed E-state index contributed by atoms with van der Waals surface area (Å²) in [5.74, 6) is 0. The van der Waals surface area contributed by atoms with Crippen LogP contribution in [0, 0.1) is 6.92 Å². The number of aryl methyl sites for hydroxylation is 1. The smallest absolute Gasteiger partial charge is 0.404 e. The van der Waals surface area contributed by atoms with E-state index in [4.69, 9.17) is 16.2 Å². The fourth-order valence-electron chi connectivity index (χ4n) is 2.19. The number of para-hydroxylation sites is 2. The summed E-state index contributed by atoms with van der Waals surface area (Å²) < 4.78 is 4.95. The van der Waals surface area contributed by atoms with E-state index < -0.39 is 6.09 Å². The van der Waals surface area contributed by atoms with Crippen LogP contribution in [0.2, 0.25) is 0 Å². The highest BCUT2D eigenvalue weighted by Crippen LogP contribution is 2.19. The molecule has 0 fully saturated rings. The Hall–Kier alpha value is -2.69. The fraction of sp³-hybridized carbons (Fsp3) is 0.235. The Kier molecular flexibility index (Phi) is 5.25. The number of carbonyl (C=O) groups is 1. The van der Waals surface area contributed by atoms with E-state index in [2.05, 4.69) is 29.6 Å². The van der Waals surface area contributed by atoms with E-state index in [0.717, 1.165) is 11.3 Å². The lowest BCUT2D eigenvalue weighted by molar-refractivity contribution is 0.151. The van der Waals surface area contributed by atoms with Crippen LogP contribution in [0.3, 0.4) is 0 Å². The average Bonchev–Trinajstić information content (AvgIpc) is 2.49. The molecule has 1 unspecified atom stereocenters. The maximum atomic E-state index is 10.9. The number of carbonyl (C=O) groups excluding carboxylic acids is 1. The first kappa shape index (κ1) is 15.7. The highest BCUT2D eigenvalue weighted by Gasteiger charge is 2.13. The number of nitrogen functional groups attached to an aromatic ring is 1. The Morgan fingerprint density at radius 2 is 1.86 bits per heavy atom. The van der Waals surface area contributed by atoms with Crippen LogP contribution in [0.5, 0.6) is 0 Å². The molecule has 0 heterocycles. The molecular formula is C17H21N3O2. The lowest BCUT2D eigenvalue weighted by atomic mass is 10.0. The third-order valence-corrected chi connectivity index (χ3v) is 3.35. The first-order valence-electron chi connectivity index (χ1n) is 7.13. The molecule has 116 valence electrons. The van der Waals surface area contributed by atoms with Gasteiger partial charge in [0, 0.05) is 0 Å². The molecule has 5 heteroatoms. The number of hydrogen-bond acceptors (Lipinski definition) is 4. The summed E-state index contributed by atoms with van der Waals surface area (Å²) in [6, 6.07) is 15.6. The number of amides is 1. The summed E-state index contributed by atoms with van der Waals surface area (Å²) in [5.41, 5.74) is 14.8. The van der Waals surface area contributed by atoms with Gasteiger partial charge in [0.1, 0.15) is 6.61 Å². The normalized spacial score (nSPS) is 11.7. The van der Waals surface area contributed by atoms with Crippen molar-refractivity contribution in [3.63, 3.8) is 0 Å². The number of anilines is 2. The number of hydrogen-bond donors (Lipinski definition) is 3.